The molecule has 0 fully saturated rings. The molecule has 21 heavy (non-hydrogen) atoms. The second kappa shape index (κ2) is 8.69. The number of nitrogens with one attached hydrogen (secondary N) is 2. The molecular weight excluding hydrogens is 270 g/mol. The minimum atomic E-state index is -0.222. The molecule has 0 aliphatic rings. The highest BCUT2D eigenvalue weighted by atomic mass is 16.3. The van der Waals surface area contributed by atoms with Crippen molar-refractivity contribution in [3.05, 3.63) is 24.2 Å². The van der Waals surface area contributed by atoms with Gasteiger partial charge in [0.2, 0.25) is 0 Å². The molecule has 3 N–H and O–H groups in total. The average molecular weight is 297 g/mol. The molecule has 0 spiro atoms. The molecule has 6 heteroatoms. The molecule has 120 valence electrons. The quantitative estimate of drug-likeness (QED) is 0.681. The van der Waals surface area contributed by atoms with Crippen molar-refractivity contribution in [3.63, 3.8) is 0 Å². The summed E-state index contributed by atoms with van der Waals surface area (Å²) in [6.07, 6.45) is 2.18. The van der Waals surface area contributed by atoms with E-state index in [2.05, 4.69) is 10.6 Å². The topological polar surface area (TPSA) is 77.7 Å². The molecule has 0 aliphatic carbocycles. The van der Waals surface area contributed by atoms with Crippen molar-refractivity contribution in [2.24, 2.45) is 5.92 Å². The van der Waals surface area contributed by atoms with Crippen molar-refractivity contribution in [2.75, 3.05) is 27.2 Å². The molecule has 1 heterocycles. The normalized spacial score (nSPS) is 14.2. The maximum atomic E-state index is 12.0. The molecular formula is C15H27N3O3. The second-order valence-corrected chi connectivity index (χ2v) is 5.71. The van der Waals surface area contributed by atoms with Gasteiger partial charge in [-0.15, -0.1) is 0 Å². The van der Waals surface area contributed by atoms with Crippen LogP contribution in [0.2, 0.25) is 0 Å². The van der Waals surface area contributed by atoms with Crippen LogP contribution >= 0.6 is 0 Å². The van der Waals surface area contributed by atoms with E-state index in [-0.39, 0.29) is 30.6 Å². The summed E-state index contributed by atoms with van der Waals surface area (Å²) in [6.45, 7) is 4.56. The van der Waals surface area contributed by atoms with E-state index in [0.29, 0.717) is 13.0 Å². The first kappa shape index (κ1) is 17.5. The number of carbonyl (C=O) groups is 1. The monoisotopic (exact) mass is 297 g/mol. The number of hydrogen-bond acceptors (Lipinski definition) is 4. The SMILES string of the molecule is CC(C)C(CCO)NC(=O)NCC(c1ccco1)N(C)C. The summed E-state index contributed by atoms with van der Waals surface area (Å²) in [5.74, 6) is 1.09. The van der Waals surface area contributed by atoms with Gasteiger partial charge in [-0.1, -0.05) is 13.8 Å². The predicted octanol–water partition coefficient (Wildman–Crippen LogP) is 1.59. The van der Waals surface area contributed by atoms with Crippen molar-refractivity contribution in [1.29, 1.82) is 0 Å². The highest BCUT2D eigenvalue weighted by Gasteiger charge is 2.19. The van der Waals surface area contributed by atoms with E-state index in [1.54, 1.807) is 6.26 Å². The van der Waals surface area contributed by atoms with E-state index < -0.39 is 0 Å². The zero-order valence-corrected chi connectivity index (χ0v) is 13.3. The predicted molar refractivity (Wildman–Crippen MR) is 82.0 cm³/mol. The van der Waals surface area contributed by atoms with Gasteiger partial charge in [0, 0.05) is 19.2 Å². The summed E-state index contributed by atoms with van der Waals surface area (Å²) in [6, 6.07) is 3.47. The lowest BCUT2D eigenvalue weighted by Gasteiger charge is -2.25. The molecule has 0 radical (unpaired) electrons. The number of furan rings is 1. The number of likely N-dealkylation sites (N-methyl/N-ethyl adjacent to an activating group) is 1. The fourth-order valence-corrected chi connectivity index (χ4v) is 2.14. The average Bonchev–Trinajstić information content (AvgIpc) is 2.91. The van der Waals surface area contributed by atoms with Crippen LogP contribution in [0.5, 0.6) is 0 Å². The maximum Gasteiger partial charge on any atom is 0.315 e. The number of aliphatic hydroxyl groups excluding tert-OH is 1. The largest absolute Gasteiger partial charge is 0.468 e. The van der Waals surface area contributed by atoms with Crippen LogP contribution in [-0.4, -0.2) is 49.3 Å². The van der Waals surface area contributed by atoms with Crippen LogP contribution in [-0.2, 0) is 0 Å². The Kier molecular flexibility index (Phi) is 7.25. The zero-order chi connectivity index (χ0) is 15.8. The highest BCUT2D eigenvalue weighted by molar-refractivity contribution is 5.74. The fraction of sp³-hybridized carbons (Fsp3) is 0.667. The Labute approximate surface area is 126 Å². The lowest BCUT2D eigenvalue weighted by atomic mass is 10.0. The van der Waals surface area contributed by atoms with Crippen LogP contribution in [0.15, 0.2) is 22.8 Å². The van der Waals surface area contributed by atoms with E-state index >= 15 is 0 Å². The van der Waals surface area contributed by atoms with E-state index in [1.807, 2.05) is 45.0 Å². The molecule has 0 saturated carbocycles. The standard InChI is InChI=1S/C15H27N3O3/c1-11(2)12(7-8-19)17-15(20)16-10-13(18(3)4)14-6-5-9-21-14/h5-6,9,11-13,19H,7-8,10H2,1-4H3,(H2,16,17,20). The van der Waals surface area contributed by atoms with Crippen LogP contribution in [0, 0.1) is 5.92 Å². The van der Waals surface area contributed by atoms with Crippen molar-refractivity contribution in [1.82, 2.24) is 15.5 Å². The molecule has 0 aliphatic heterocycles. The number of carbonyl (C=O) groups excluding carboxylic acids is 1. The molecule has 2 unspecified atom stereocenters. The first-order chi connectivity index (χ1) is 9.95. The summed E-state index contributed by atoms with van der Waals surface area (Å²) in [4.78, 5) is 14.0. The van der Waals surface area contributed by atoms with Crippen molar-refractivity contribution >= 4 is 6.03 Å². The minimum Gasteiger partial charge on any atom is -0.468 e. The van der Waals surface area contributed by atoms with Gasteiger partial charge in [0.25, 0.3) is 0 Å². The molecule has 0 bridgehead atoms. The number of rotatable bonds is 8. The van der Waals surface area contributed by atoms with Crippen molar-refractivity contribution in [3.8, 4) is 0 Å². The van der Waals surface area contributed by atoms with Crippen LogP contribution in [0.1, 0.15) is 32.1 Å². The lowest BCUT2D eigenvalue weighted by Crippen LogP contribution is -2.46. The third-order valence-corrected chi connectivity index (χ3v) is 3.51. The first-order valence-corrected chi connectivity index (χ1v) is 7.30. The van der Waals surface area contributed by atoms with Gasteiger partial charge in [-0.3, -0.25) is 4.90 Å². The van der Waals surface area contributed by atoms with Gasteiger partial charge in [0.15, 0.2) is 0 Å². The molecule has 0 saturated heterocycles. The Hall–Kier alpha value is -1.53. The van der Waals surface area contributed by atoms with E-state index in [9.17, 15) is 4.79 Å². The Balaban J connectivity index is 2.50. The third-order valence-electron chi connectivity index (χ3n) is 3.51. The van der Waals surface area contributed by atoms with E-state index in [4.69, 9.17) is 9.52 Å². The molecule has 1 aromatic rings. The second-order valence-electron chi connectivity index (χ2n) is 5.71. The Morgan fingerprint density at radius 2 is 2.14 bits per heavy atom. The third kappa shape index (κ3) is 5.77. The minimum absolute atomic E-state index is 0.0129. The molecule has 1 rings (SSSR count). The van der Waals surface area contributed by atoms with Gasteiger partial charge in [0.05, 0.1) is 12.3 Å². The van der Waals surface area contributed by atoms with E-state index in [1.165, 1.54) is 0 Å². The van der Waals surface area contributed by atoms with Crippen LogP contribution < -0.4 is 10.6 Å². The van der Waals surface area contributed by atoms with Gasteiger partial charge in [-0.05, 0) is 38.6 Å². The van der Waals surface area contributed by atoms with Gasteiger partial charge >= 0.3 is 6.03 Å². The summed E-state index contributed by atoms with van der Waals surface area (Å²) in [5, 5.41) is 14.8. The molecule has 1 aromatic heterocycles. The number of nitrogens with zero attached hydrogens (tertiary/aromatic N) is 1. The molecule has 0 aromatic carbocycles. The smallest absolute Gasteiger partial charge is 0.315 e. The zero-order valence-electron chi connectivity index (χ0n) is 13.3. The number of aliphatic hydroxyl groups is 1. The Morgan fingerprint density at radius 3 is 2.62 bits per heavy atom. The van der Waals surface area contributed by atoms with Gasteiger partial charge in [-0.2, -0.15) is 0 Å². The Bertz CT molecular complexity index is 404. The van der Waals surface area contributed by atoms with E-state index in [0.717, 1.165) is 5.76 Å². The Morgan fingerprint density at radius 1 is 1.43 bits per heavy atom. The maximum absolute atomic E-state index is 12.0. The summed E-state index contributed by atoms with van der Waals surface area (Å²) < 4.78 is 5.40. The number of amides is 2. The van der Waals surface area contributed by atoms with Gasteiger partial charge in [-0.25, -0.2) is 4.79 Å². The van der Waals surface area contributed by atoms with Crippen molar-refractivity contribution < 1.29 is 14.3 Å². The summed E-state index contributed by atoms with van der Waals surface area (Å²) >= 11 is 0. The van der Waals surface area contributed by atoms with Crippen LogP contribution in [0.4, 0.5) is 4.79 Å². The molecule has 2 atom stereocenters. The van der Waals surface area contributed by atoms with Gasteiger partial charge in [0.1, 0.15) is 5.76 Å². The number of hydrogen-bond donors (Lipinski definition) is 3. The summed E-state index contributed by atoms with van der Waals surface area (Å²) in [7, 11) is 3.88. The first-order valence-electron chi connectivity index (χ1n) is 7.30. The lowest BCUT2D eigenvalue weighted by molar-refractivity contribution is 0.210. The van der Waals surface area contributed by atoms with Crippen molar-refractivity contribution in [2.45, 2.75) is 32.4 Å². The fourth-order valence-electron chi connectivity index (χ4n) is 2.14. The summed E-state index contributed by atoms with van der Waals surface area (Å²) in [5.41, 5.74) is 0. The highest BCUT2D eigenvalue weighted by Crippen LogP contribution is 2.17. The van der Waals surface area contributed by atoms with Crippen LogP contribution in [0.3, 0.4) is 0 Å². The number of urea groups is 1. The molecule has 2 amide bonds. The molecule has 6 nitrogen and oxygen atoms in total. The van der Waals surface area contributed by atoms with Crippen LogP contribution in [0.25, 0.3) is 0 Å². The van der Waals surface area contributed by atoms with Gasteiger partial charge < -0.3 is 20.2 Å².